The number of rotatable bonds is 5. The highest BCUT2D eigenvalue weighted by Crippen LogP contribution is 2.36. The van der Waals surface area contributed by atoms with E-state index in [1.807, 2.05) is 97.1 Å². The largest absolute Gasteiger partial charge is 0.438 e. The lowest BCUT2D eigenvalue weighted by molar-refractivity contribution is 0.458. The number of nitrogens with one attached hydrogen (secondary N) is 3. The van der Waals surface area contributed by atoms with Crippen LogP contribution in [0.1, 0.15) is 0 Å². The highest BCUT2D eigenvalue weighted by atomic mass is 35.5. The SMILES string of the molecule is Clc1ccccc1-c1ccc(N2N=CN3NC(Nc4ccccc4)=NC(Nc4ccccc4)=C32)o1. The maximum atomic E-state index is 6.37. The number of para-hydroxylation sites is 2. The van der Waals surface area contributed by atoms with E-state index in [1.165, 1.54) is 0 Å². The van der Waals surface area contributed by atoms with E-state index in [0.29, 0.717) is 34.3 Å². The van der Waals surface area contributed by atoms with Crippen molar-refractivity contribution in [2.75, 3.05) is 15.6 Å². The second-order valence-electron chi connectivity index (χ2n) is 7.76. The summed E-state index contributed by atoms with van der Waals surface area (Å²) >= 11 is 6.37. The van der Waals surface area contributed by atoms with E-state index in [4.69, 9.17) is 21.0 Å². The number of aliphatic imine (C=N–C) groups is 1. The molecule has 1 aromatic heterocycles. The Bertz CT molecular complexity index is 1450. The third-order valence-electron chi connectivity index (χ3n) is 5.39. The van der Waals surface area contributed by atoms with E-state index >= 15 is 0 Å². The van der Waals surface area contributed by atoms with Gasteiger partial charge in [-0.15, -0.1) is 0 Å². The number of furan rings is 1. The van der Waals surface area contributed by atoms with Crippen LogP contribution in [-0.4, -0.2) is 17.3 Å². The van der Waals surface area contributed by atoms with Gasteiger partial charge in [-0.2, -0.15) is 15.1 Å². The summed E-state index contributed by atoms with van der Waals surface area (Å²) < 4.78 is 6.15. The smallest absolute Gasteiger partial charge is 0.222 e. The number of guanidine groups is 1. The number of hydrogen-bond acceptors (Lipinski definition) is 8. The summed E-state index contributed by atoms with van der Waals surface area (Å²) in [6.45, 7) is 0. The van der Waals surface area contributed by atoms with Gasteiger partial charge >= 0.3 is 0 Å². The van der Waals surface area contributed by atoms with Crippen LogP contribution in [0.4, 0.5) is 17.3 Å². The van der Waals surface area contributed by atoms with Gasteiger partial charge in [0.25, 0.3) is 0 Å². The molecule has 4 aromatic rings. The quantitative estimate of drug-likeness (QED) is 0.330. The van der Waals surface area contributed by atoms with Gasteiger partial charge in [-0.05, 0) is 42.5 Å². The Morgan fingerprint density at radius 2 is 1.46 bits per heavy atom. The molecule has 35 heavy (non-hydrogen) atoms. The van der Waals surface area contributed by atoms with E-state index in [-0.39, 0.29) is 0 Å². The van der Waals surface area contributed by atoms with Crippen molar-refractivity contribution in [3.05, 3.63) is 114 Å². The van der Waals surface area contributed by atoms with E-state index in [2.05, 4.69) is 21.2 Å². The second kappa shape index (κ2) is 8.92. The first-order valence-corrected chi connectivity index (χ1v) is 11.3. The molecule has 3 aromatic carbocycles. The number of anilines is 3. The summed E-state index contributed by atoms with van der Waals surface area (Å²) in [5.41, 5.74) is 5.86. The van der Waals surface area contributed by atoms with Crippen LogP contribution in [0.2, 0.25) is 5.02 Å². The number of hydrogen-bond donors (Lipinski definition) is 3. The first kappa shape index (κ1) is 20.9. The third kappa shape index (κ3) is 4.18. The highest BCUT2D eigenvalue weighted by molar-refractivity contribution is 6.33. The first-order chi connectivity index (χ1) is 17.2. The average Bonchev–Trinajstić information content (AvgIpc) is 3.53. The Morgan fingerprint density at radius 3 is 2.20 bits per heavy atom. The lowest BCUT2D eigenvalue weighted by Crippen LogP contribution is -2.48. The summed E-state index contributed by atoms with van der Waals surface area (Å²) in [6, 6.07) is 31.0. The van der Waals surface area contributed by atoms with Gasteiger partial charge in [-0.1, -0.05) is 60.1 Å². The molecule has 0 saturated heterocycles. The Balaban J connectivity index is 1.38. The standard InChI is InChI=1S/C26H20ClN7O/c27-21-14-8-7-13-20(21)22-15-16-23(35-22)34-25-24(29-18-9-3-1-4-10-18)31-26(32-33(25)17-28-34)30-19-11-5-2-6-12-19/h1-17,29H,(H2,30,31,32). The average molecular weight is 482 g/mol. The molecule has 3 N–H and O–H groups in total. The van der Waals surface area contributed by atoms with Gasteiger partial charge in [0.1, 0.15) is 12.1 Å². The molecule has 172 valence electrons. The normalized spacial score (nSPS) is 14.5. The number of halogens is 1. The lowest BCUT2D eigenvalue weighted by atomic mass is 10.2. The molecule has 6 rings (SSSR count). The number of hydrazine groups is 1. The zero-order valence-corrected chi connectivity index (χ0v) is 19.1. The molecule has 0 saturated carbocycles. The molecule has 3 heterocycles. The summed E-state index contributed by atoms with van der Waals surface area (Å²) in [4.78, 5) is 4.81. The fourth-order valence-electron chi connectivity index (χ4n) is 3.78. The molecule has 0 bridgehead atoms. The molecule has 0 atom stereocenters. The van der Waals surface area contributed by atoms with Crippen molar-refractivity contribution in [3.63, 3.8) is 0 Å². The minimum absolute atomic E-state index is 0.525. The molecule has 2 aliphatic rings. The van der Waals surface area contributed by atoms with Crippen LogP contribution >= 0.6 is 11.6 Å². The van der Waals surface area contributed by atoms with Gasteiger partial charge in [-0.3, -0.25) is 5.43 Å². The second-order valence-corrected chi connectivity index (χ2v) is 8.16. The van der Waals surface area contributed by atoms with Crippen molar-refractivity contribution in [2.24, 2.45) is 10.1 Å². The van der Waals surface area contributed by atoms with E-state index in [0.717, 1.165) is 16.9 Å². The van der Waals surface area contributed by atoms with Gasteiger partial charge in [0.15, 0.2) is 5.82 Å². The summed E-state index contributed by atoms with van der Waals surface area (Å²) in [5.74, 6) is 2.96. The minimum atomic E-state index is 0.525. The van der Waals surface area contributed by atoms with Gasteiger partial charge in [0, 0.05) is 23.0 Å². The topological polar surface area (TPSA) is 80.4 Å². The van der Waals surface area contributed by atoms with Crippen LogP contribution in [-0.2, 0) is 0 Å². The molecule has 8 nitrogen and oxygen atoms in total. The van der Waals surface area contributed by atoms with Crippen LogP contribution in [0, 0.1) is 0 Å². The fraction of sp³-hybridized carbons (Fsp3) is 0. The molecular formula is C26H20ClN7O. The van der Waals surface area contributed by atoms with E-state index < -0.39 is 0 Å². The minimum Gasteiger partial charge on any atom is -0.438 e. The molecule has 0 amide bonds. The molecule has 0 radical (unpaired) electrons. The van der Waals surface area contributed by atoms with Crippen molar-refractivity contribution < 1.29 is 4.42 Å². The van der Waals surface area contributed by atoms with Crippen molar-refractivity contribution in [1.29, 1.82) is 0 Å². The molecular weight excluding hydrogens is 462 g/mol. The van der Waals surface area contributed by atoms with Crippen LogP contribution in [0.15, 0.2) is 123 Å². The van der Waals surface area contributed by atoms with Crippen molar-refractivity contribution in [3.8, 4) is 11.3 Å². The van der Waals surface area contributed by atoms with Crippen molar-refractivity contribution in [2.45, 2.75) is 0 Å². The fourth-order valence-corrected chi connectivity index (χ4v) is 4.01. The van der Waals surface area contributed by atoms with E-state index in [9.17, 15) is 0 Å². The monoisotopic (exact) mass is 481 g/mol. The number of hydrazone groups is 1. The van der Waals surface area contributed by atoms with Crippen molar-refractivity contribution >= 4 is 41.2 Å². The zero-order chi connectivity index (χ0) is 23.6. The van der Waals surface area contributed by atoms with Gasteiger partial charge in [-0.25, -0.2) is 5.01 Å². The lowest BCUT2D eigenvalue weighted by Gasteiger charge is -2.29. The Kier molecular flexibility index (Phi) is 5.32. The number of nitrogens with zero attached hydrogens (tertiary/aromatic N) is 4. The molecule has 0 spiro atoms. The van der Waals surface area contributed by atoms with Crippen molar-refractivity contribution in [1.82, 2.24) is 10.4 Å². The predicted molar refractivity (Wildman–Crippen MR) is 140 cm³/mol. The maximum Gasteiger partial charge on any atom is 0.222 e. The van der Waals surface area contributed by atoms with Crippen LogP contribution in [0.3, 0.4) is 0 Å². The van der Waals surface area contributed by atoms with Gasteiger partial charge in [0.2, 0.25) is 17.7 Å². The van der Waals surface area contributed by atoms with Gasteiger partial charge < -0.3 is 15.1 Å². The van der Waals surface area contributed by atoms with Crippen LogP contribution in [0.5, 0.6) is 0 Å². The Hall–Kier alpha value is -4.69. The maximum absolute atomic E-state index is 6.37. The third-order valence-corrected chi connectivity index (χ3v) is 5.72. The number of fused-ring (bicyclic) bond motifs is 1. The van der Waals surface area contributed by atoms with E-state index in [1.54, 1.807) is 16.4 Å². The Morgan fingerprint density at radius 1 is 0.771 bits per heavy atom. The Labute approximate surface area is 206 Å². The molecule has 0 aliphatic carbocycles. The summed E-state index contributed by atoms with van der Waals surface area (Å²) in [5, 5.41) is 15.3. The first-order valence-electron chi connectivity index (χ1n) is 11.0. The molecule has 0 fully saturated rings. The summed E-state index contributed by atoms with van der Waals surface area (Å²) in [7, 11) is 0. The van der Waals surface area contributed by atoms with Crippen LogP contribution < -0.4 is 21.1 Å². The zero-order valence-electron chi connectivity index (χ0n) is 18.4. The highest BCUT2D eigenvalue weighted by Gasteiger charge is 2.33. The molecule has 2 aliphatic heterocycles. The predicted octanol–water partition coefficient (Wildman–Crippen LogP) is 5.89. The molecule has 0 unspecified atom stereocenters. The molecule has 9 heteroatoms. The number of benzene rings is 3. The van der Waals surface area contributed by atoms with Crippen LogP contribution in [0.25, 0.3) is 11.3 Å². The summed E-state index contributed by atoms with van der Waals surface area (Å²) in [6.07, 6.45) is 1.67. The van der Waals surface area contributed by atoms with Gasteiger partial charge in [0.05, 0.1) is 5.02 Å².